The Morgan fingerprint density at radius 1 is 1.18 bits per heavy atom. The zero-order chi connectivity index (χ0) is 16.3. The molecule has 0 unspecified atom stereocenters. The highest BCUT2D eigenvalue weighted by Crippen LogP contribution is 2.27. The van der Waals surface area contributed by atoms with E-state index in [1.165, 1.54) is 0 Å². The molecule has 0 spiro atoms. The van der Waals surface area contributed by atoms with Gasteiger partial charge in [0.1, 0.15) is 5.75 Å². The molecule has 0 saturated carbocycles. The highest BCUT2D eigenvalue weighted by molar-refractivity contribution is 9.10. The van der Waals surface area contributed by atoms with E-state index in [2.05, 4.69) is 21.2 Å². The molecule has 0 bridgehead atoms. The quantitative estimate of drug-likeness (QED) is 0.744. The first-order valence-electron chi connectivity index (χ1n) is 6.51. The van der Waals surface area contributed by atoms with Crippen LogP contribution in [0, 0.1) is 13.8 Å². The minimum absolute atomic E-state index is 0.108. The standard InChI is InChI=1S/C16H14BrCl2NO2/c1-9-5-12(6-10(2)16(9)17)22-8-15(21)20-14-7-11(18)3-4-13(14)19/h3-7H,8H2,1-2H3,(H,20,21). The molecule has 0 aromatic heterocycles. The highest BCUT2D eigenvalue weighted by Gasteiger charge is 2.09. The summed E-state index contributed by atoms with van der Waals surface area (Å²) in [7, 11) is 0. The van der Waals surface area contributed by atoms with E-state index in [1.54, 1.807) is 18.2 Å². The minimum atomic E-state index is -0.303. The van der Waals surface area contributed by atoms with Crippen LogP contribution in [-0.2, 0) is 4.79 Å². The van der Waals surface area contributed by atoms with Crippen LogP contribution in [0.5, 0.6) is 5.75 Å². The molecule has 2 aromatic rings. The first-order chi connectivity index (χ1) is 10.4. The van der Waals surface area contributed by atoms with Crippen LogP contribution >= 0.6 is 39.1 Å². The predicted molar refractivity (Wildman–Crippen MR) is 94.2 cm³/mol. The van der Waals surface area contributed by atoms with Gasteiger partial charge in [-0.15, -0.1) is 0 Å². The molecular weight excluding hydrogens is 389 g/mol. The third kappa shape index (κ3) is 4.38. The minimum Gasteiger partial charge on any atom is -0.484 e. The Hall–Kier alpha value is -1.23. The molecule has 0 aliphatic rings. The van der Waals surface area contributed by atoms with Gasteiger partial charge in [0.2, 0.25) is 0 Å². The van der Waals surface area contributed by atoms with E-state index in [4.69, 9.17) is 27.9 Å². The number of rotatable bonds is 4. The number of hydrogen-bond donors (Lipinski definition) is 1. The maximum atomic E-state index is 11.9. The third-order valence-corrected chi connectivity index (χ3v) is 4.80. The fourth-order valence-corrected chi connectivity index (χ4v) is 2.48. The second-order valence-corrected chi connectivity index (χ2v) is 6.47. The van der Waals surface area contributed by atoms with Crippen molar-refractivity contribution in [2.45, 2.75) is 13.8 Å². The largest absolute Gasteiger partial charge is 0.484 e. The van der Waals surface area contributed by atoms with E-state index >= 15 is 0 Å². The average Bonchev–Trinajstić information content (AvgIpc) is 2.46. The number of carbonyl (C=O) groups excluding carboxylic acids is 1. The zero-order valence-electron chi connectivity index (χ0n) is 12.0. The molecule has 3 nitrogen and oxygen atoms in total. The van der Waals surface area contributed by atoms with Crippen LogP contribution in [0.1, 0.15) is 11.1 Å². The number of benzene rings is 2. The Labute approximate surface area is 147 Å². The van der Waals surface area contributed by atoms with Crippen molar-refractivity contribution in [3.05, 3.63) is 56.0 Å². The first-order valence-corrected chi connectivity index (χ1v) is 8.06. The van der Waals surface area contributed by atoms with Gasteiger partial charge in [-0.2, -0.15) is 0 Å². The number of anilines is 1. The van der Waals surface area contributed by atoms with Crippen molar-refractivity contribution in [2.24, 2.45) is 0 Å². The summed E-state index contributed by atoms with van der Waals surface area (Å²) in [4.78, 5) is 11.9. The highest BCUT2D eigenvalue weighted by atomic mass is 79.9. The maximum absolute atomic E-state index is 11.9. The lowest BCUT2D eigenvalue weighted by molar-refractivity contribution is -0.118. The van der Waals surface area contributed by atoms with Gasteiger partial charge in [-0.1, -0.05) is 39.1 Å². The van der Waals surface area contributed by atoms with Gasteiger partial charge >= 0.3 is 0 Å². The topological polar surface area (TPSA) is 38.3 Å². The van der Waals surface area contributed by atoms with Crippen molar-refractivity contribution in [3.63, 3.8) is 0 Å². The van der Waals surface area contributed by atoms with Gasteiger partial charge in [-0.3, -0.25) is 4.79 Å². The summed E-state index contributed by atoms with van der Waals surface area (Å²) in [5.41, 5.74) is 2.56. The molecule has 0 fully saturated rings. The summed E-state index contributed by atoms with van der Waals surface area (Å²) >= 11 is 15.4. The summed E-state index contributed by atoms with van der Waals surface area (Å²) in [5, 5.41) is 3.60. The molecule has 2 aromatic carbocycles. The molecule has 6 heteroatoms. The maximum Gasteiger partial charge on any atom is 0.262 e. The van der Waals surface area contributed by atoms with Crippen LogP contribution in [0.2, 0.25) is 10.0 Å². The van der Waals surface area contributed by atoms with Crippen molar-refractivity contribution < 1.29 is 9.53 Å². The predicted octanol–water partition coefficient (Wildman–Crippen LogP) is 5.39. The normalized spacial score (nSPS) is 10.4. The molecule has 0 aliphatic heterocycles. The average molecular weight is 403 g/mol. The van der Waals surface area contributed by atoms with Gasteiger partial charge in [-0.25, -0.2) is 0 Å². The van der Waals surface area contributed by atoms with Crippen molar-refractivity contribution in [1.82, 2.24) is 0 Å². The van der Waals surface area contributed by atoms with E-state index < -0.39 is 0 Å². The summed E-state index contributed by atoms with van der Waals surface area (Å²) in [6, 6.07) is 8.62. The number of hydrogen-bond acceptors (Lipinski definition) is 2. The second kappa shape index (κ2) is 7.36. The third-order valence-electron chi connectivity index (χ3n) is 2.98. The molecule has 0 aliphatic carbocycles. The van der Waals surface area contributed by atoms with Crippen LogP contribution in [0.4, 0.5) is 5.69 Å². The Morgan fingerprint density at radius 3 is 2.45 bits per heavy atom. The molecular formula is C16H14BrCl2NO2. The molecule has 0 saturated heterocycles. The van der Waals surface area contributed by atoms with Crippen molar-refractivity contribution in [1.29, 1.82) is 0 Å². The van der Waals surface area contributed by atoms with Crippen LogP contribution < -0.4 is 10.1 Å². The molecule has 2 rings (SSSR count). The Kier molecular flexibility index (Phi) is 5.73. The summed E-state index contributed by atoms with van der Waals surface area (Å²) in [5.74, 6) is 0.341. The van der Waals surface area contributed by atoms with Gasteiger partial charge < -0.3 is 10.1 Å². The lowest BCUT2D eigenvalue weighted by Crippen LogP contribution is -2.20. The number of carbonyl (C=O) groups is 1. The Morgan fingerprint density at radius 2 is 1.82 bits per heavy atom. The number of aryl methyl sites for hydroxylation is 2. The molecule has 116 valence electrons. The molecule has 1 amide bonds. The van der Waals surface area contributed by atoms with Crippen molar-refractivity contribution in [2.75, 3.05) is 11.9 Å². The van der Waals surface area contributed by atoms with Gasteiger partial charge in [-0.05, 0) is 55.3 Å². The van der Waals surface area contributed by atoms with Crippen LogP contribution in [-0.4, -0.2) is 12.5 Å². The van der Waals surface area contributed by atoms with Crippen molar-refractivity contribution >= 4 is 50.7 Å². The fourth-order valence-electron chi connectivity index (χ4n) is 1.92. The SMILES string of the molecule is Cc1cc(OCC(=O)Nc2cc(Cl)ccc2Cl)cc(C)c1Br. The first kappa shape index (κ1) is 17.1. The number of halogens is 3. The van der Waals surface area contributed by atoms with Crippen molar-refractivity contribution in [3.8, 4) is 5.75 Å². The number of amides is 1. The van der Waals surface area contributed by atoms with E-state index in [0.29, 0.717) is 21.5 Å². The van der Waals surface area contributed by atoms with Crippen LogP contribution in [0.15, 0.2) is 34.8 Å². The van der Waals surface area contributed by atoms with E-state index in [9.17, 15) is 4.79 Å². The van der Waals surface area contributed by atoms with E-state index in [0.717, 1.165) is 15.6 Å². The van der Waals surface area contributed by atoms with Gasteiger partial charge in [0.05, 0.1) is 10.7 Å². The summed E-state index contributed by atoms with van der Waals surface area (Å²) in [6.07, 6.45) is 0. The zero-order valence-corrected chi connectivity index (χ0v) is 15.1. The van der Waals surface area contributed by atoms with E-state index in [-0.39, 0.29) is 12.5 Å². The molecule has 0 heterocycles. The summed E-state index contributed by atoms with van der Waals surface area (Å²) < 4.78 is 6.55. The van der Waals surface area contributed by atoms with Crippen LogP contribution in [0.25, 0.3) is 0 Å². The summed E-state index contributed by atoms with van der Waals surface area (Å²) in [6.45, 7) is 3.83. The fraction of sp³-hybridized carbons (Fsp3) is 0.188. The van der Waals surface area contributed by atoms with Gasteiger partial charge in [0.15, 0.2) is 6.61 Å². The number of ether oxygens (including phenoxy) is 1. The lowest BCUT2D eigenvalue weighted by Gasteiger charge is -2.11. The van der Waals surface area contributed by atoms with Gasteiger partial charge in [0, 0.05) is 9.50 Å². The van der Waals surface area contributed by atoms with E-state index in [1.807, 2.05) is 26.0 Å². The molecule has 0 atom stereocenters. The smallest absolute Gasteiger partial charge is 0.262 e. The Bertz CT molecular complexity index is 696. The molecule has 22 heavy (non-hydrogen) atoms. The monoisotopic (exact) mass is 401 g/mol. The molecule has 1 N–H and O–H groups in total. The second-order valence-electron chi connectivity index (χ2n) is 4.83. The van der Waals surface area contributed by atoms with Gasteiger partial charge in [0.25, 0.3) is 5.91 Å². The molecule has 0 radical (unpaired) electrons. The lowest BCUT2D eigenvalue weighted by atomic mass is 10.1. The Balaban J connectivity index is 2.00. The number of nitrogens with one attached hydrogen (secondary N) is 1. The van der Waals surface area contributed by atoms with Crippen LogP contribution in [0.3, 0.4) is 0 Å².